The van der Waals surface area contributed by atoms with E-state index >= 15 is 0 Å². The first-order valence-electron chi connectivity index (χ1n) is 8.07. The summed E-state index contributed by atoms with van der Waals surface area (Å²) in [4.78, 5) is 12.3. The predicted octanol–water partition coefficient (Wildman–Crippen LogP) is 2.43. The minimum absolute atomic E-state index is 0.0485. The number of nitrogens with zero attached hydrogens (tertiary/aromatic N) is 2. The lowest BCUT2D eigenvalue weighted by Gasteiger charge is -2.21. The normalized spacial score (nSPS) is 15.7. The number of rotatable bonds is 5. The number of halogens is 4. The van der Waals surface area contributed by atoms with Gasteiger partial charge < -0.3 is 4.90 Å². The van der Waals surface area contributed by atoms with Crippen LogP contribution in [0.3, 0.4) is 0 Å². The van der Waals surface area contributed by atoms with Gasteiger partial charge in [-0.1, -0.05) is 6.07 Å². The van der Waals surface area contributed by atoms with Gasteiger partial charge in [0, 0.05) is 32.6 Å². The van der Waals surface area contributed by atoms with Crippen LogP contribution in [0.4, 0.5) is 13.2 Å². The number of carbonyl (C=O) groups excluding carboxylic acids is 1. The number of sulfonamides is 1. The SMILES string of the molecule is CN(CCCCl)S(=O)(=O)c1ccc2c(c1)CCN(C(=O)C(F)(F)F)CC2. The van der Waals surface area contributed by atoms with Gasteiger partial charge in [-0.15, -0.1) is 11.6 Å². The van der Waals surface area contributed by atoms with Crippen LogP contribution in [0.15, 0.2) is 23.1 Å². The van der Waals surface area contributed by atoms with Gasteiger partial charge in [-0.25, -0.2) is 12.7 Å². The standard InChI is InChI=1S/C16H20ClF3N2O3S/c1-21(8-2-7-17)26(24,25)14-4-3-12-5-9-22(10-6-13(12)11-14)15(23)16(18,19)20/h3-4,11H,2,5-10H2,1H3. The Labute approximate surface area is 155 Å². The van der Waals surface area contributed by atoms with Gasteiger partial charge in [0.25, 0.3) is 0 Å². The molecule has 1 heterocycles. The van der Waals surface area contributed by atoms with Crippen LogP contribution in [0.2, 0.25) is 0 Å². The molecule has 1 amide bonds. The summed E-state index contributed by atoms with van der Waals surface area (Å²) in [6, 6.07) is 4.55. The van der Waals surface area contributed by atoms with Crippen molar-refractivity contribution in [3.05, 3.63) is 29.3 Å². The van der Waals surface area contributed by atoms with E-state index < -0.39 is 22.1 Å². The highest BCUT2D eigenvalue weighted by atomic mass is 35.5. The second kappa shape index (κ2) is 8.14. The molecule has 0 atom stereocenters. The van der Waals surface area contributed by atoms with Crippen molar-refractivity contribution in [2.75, 3.05) is 32.6 Å². The lowest BCUT2D eigenvalue weighted by molar-refractivity contribution is -0.185. The summed E-state index contributed by atoms with van der Waals surface area (Å²) in [5, 5.41) is 0. The molecule has 0 radical (unpaired) electrons. The van der Waals surface area contributed by atoms with Crippen LogP contribution in [0, 0.1) is 0 Å². The number of carbonyl (C=O) groups is 1. The highest BCUT2D eigenvalue weighted by molar-refractivity contribution is 7.89. The van der Waals surface area contributed by atoms with Crippen molar-refractivity contribution in [1.29, 1.82) is 0 Å². The molecule has 1 aromatic carbocycles. The molecule has 1 aliphatic rings. The van der Waals surface area contributed by atoms with Crippen molar-refractivity contribution in [2.45, 2.75) is 30.3 Å². The Hall–Kier alpha value is -1.32. The van der Waals surface area contributed by atoms with E-state index in [1.54, 1.807) is 6.07 Å². The quantitative estimate of drug-likeness (QED) is 0.698. The summed E-state index contributed by atoms with van der Waals surface area (Å²) >= 11 is 5.59. The van der Waals surface area contributed by atoms with Gasteiger partial charge in [0.05, 0.1) is 4.90 Å². The largest absolute Gasteiger partial charge is 0.471 e. The summed E-state index contributed by atoms with van der Waals surface area (Å²) in [6.07, 6.45) is -3.97. The van der Waals surface area contributed by atoms with Gasteiger partial charge in [0.2, 0.25) is 10.0 Å². The summed E-state index contributed by atoms with van der Waals surface area (Å²) in [7, 11) is -2.24. The molecule has 0 spiro atoms. The Kier molecular flexibility index (Phi) is 6.57. The van der Waals surface area contributed by atoms with Crippen LogP contribution in [-0.2, 0) is 27.7 Å². The van der Waals surface area contributed by atoms with Crippen LogP contribution in [0.5, 0.6) is 0 Å². The monoisotopic (exact) mass is 412 g/mol. The van der Waals surface area contributed by atoms with Crippen molar-refractivity contribution in [2.24, 2.45) is 0 Å². The van der Waals surface area contributed by atoms with E-state index in [1.807, 2.05) is 0 Å². The molecular weight excluding hydrogens is 393 g/mol. The highest BCUT2D eigenvalue weighted by Gasteiger charge is 2.42. The molecule has 0 unspecified atom stereocenters. The maximum absolute atomic E-state index is 12.6. The Morgan fingerprint density at radius 3 is 2.42 bits per heavy atom. The average Bonchev–Trinajstić information content (AvgIpc) is 2.79. The number of benzene rings is 1. The van der Waals surface area contributed by atoms with Crippen LogP contribution in [0.1, 0.15) is 17.5 Å². The zero-order valence-corrected chi connectivity index (χ0v) is 15.8. The third-order valence-electron chi connectivity index (χ3n) is 4.32. The number of alkyl halides is 4. The average molecular weight is 413 g/mol. The van der Waals surface area contributed by atoms with Gasteiger partial charge in [0.1, 0.15) is 0 Å². The van der Waals surface area contributed by atoms with E-state index in [9.17, 15) is 26.4 Å². The van der Waals surface area contributed by atoms with Crippen LogP contribution < -0.4 is 0 Å². The number of hydrogen-bond acceptors (Lipinski definition) is 3. The molecule has 0 aliphatic carbocycles. The van der Waals surface area contributed by atoms with E-state index in [0.29, 0.717) is 17.9 Å². The fraction of sp³-hybridized carbons (Fsp3) is 0.562. The minimum Gasteiger partial charge on any atom is -0.334 e. The summed E-state index contributed by atoms with van der Waals surface area (Å²) in [5.41, 5.74) is 1.40. The third-order valence-corrected chi connectivity index (χ3v) is 6.44. The fourth-order valence-electron chi connectivity index (χ4n) is 2.83. The first-order valence-corrected chi connectivity index (χ1v) is 10.0. The molecule has 1 aliphatic heterocycles. The van der Waals surface area contributed by atoms with E-state index in [-0.39, 0.29) is 37.4 Å². The molecule has 5 nitrogen and oxygen atoms in total. The van der Waals surface area contributed by atoms with Gasteiger partial charge >= 0.3 is 12.1 Å². The Balaban J connectivity index is 2.21. The first-order chi connectivity index (χ1) is 12.1. The lowest BCUT2D eigenvalue weighted by atomic mass is 10.0. The van der Waals surface area contributed by atoms with Gasteiger partial charge in [-0.2, -0.15) is 13.2 Å². The highest BCUT2D eigenvalue weighted by Crippen LogP contribution is 2.25. The van der Waals surface area contributed by atoms with Crippen LogP contribution in [-0.4, -0.2) is 62.3 Å². The third kappa shape index (κ3) is 4.69. The predicted molar refractivity (Wildman–Crippen MR) is 91.6 cm³/mol. The Morgan fingerprint density at radius 2 is 1.85 bits per heavy atom. The summed E-state index contributed by atoms with van der Waals surface area (Å²) in [5.74, 6) is -1.52. The van der Waals surface area contributed by atoms with Crippen molar-refractivity contribution in [3.63, 3.8) is 0 Å². The van der Waals surface area contributed by atoms with Crippen molar-refractivity contribution in [1.82, 2.24) is 9.21 Å². The molecule has 1 aromatic rings. The van der Waals surface area contributed by atoms with Crippen LogP contribution >= 0.6 is 11.6 Å². The Morgan fingerprint density at radius 1 is 1.23 bits per heavy atom. The van der Waals surface area contributed by atoms with Gasteiger partial charge in [0.15, 0.2) is 0 Å². The van der Waals surface area contributed by atoms with Crippen molar-refractivity contribution in [3.8, 4) is 0 Å². The van der Waals surface area contributed by atoms with Crippen LogP contribution in [0.25, 0.3) is 0 Å². The van der Waals surface area contributed by atoms with Crippen molar-refractivity contribution >= 4 is 27.5 Å². The molecule has 146 valence electrons. The molecular formula is C16H20ClF3N2O3S. The number of fused-ring (bicyclic) bond motifs is 1. The van der Waals surface area contributed by atoms with E-state index in [1.165, 1.54) is 23.5 Å². The second-order valence-corrected chi connectivity index (χ2v) is 8.51. The fourth-order valence-corrected chi connectivity index (χ4v) is 4.21. The molecule has 2 rings (SSSR count). The topological polar surface area (TPSA) is 57.7 Å². The van der Waals surface area contributed by atoms with E-state index in [2.05, 4.69) is 0 Å². The molecule has 0 aromatic heterocycles. The van der Waals surface area contributed by atoms with E-state index in [0.717, 1.165) is 10.5 Å². The molecule has 10 heteroatoms. The smallest absolute Gasteiger partial charge is 0.334 e. The number of amides is 1. The molecule has 0 saturated carbocycles. The summed E-state index contributed by atoms with van der Waals surface area (Å²) in [6.45, 7) is 0.126. The number of hydrogen-bond donors (Lipinski definition) is 0. The maximum atomic E-state index is 12.6. The molecule has 26 heavy (non-hydrogen) atoms. The molecule has 0 fully saturated rings. The minimum atomic E-state index is -4.91. The van der Waals surface area contributed by atoms with Crippen molar-refractivity contribution < 1.29 is 26.4 Å². The second-order valence-electron chi connectivity index (χ2n) is 6.09. The zero-order chi connectivity index (χ0) is 19.5. The van der Waals surface area contributed by atoms with E-state index in [4.69, 9.17) is 11.6 Å². The molecule has 0 N–H and O–H groups in total. The Bertz CT molecular complexity index is 768. The molecule has 0 bridgehead atoms. The molecule has 0 saturated heterocycles. The zero-order valence-electron chi connectivity index (χ0n) is 14.2. The maximum Gasteiger partial charge on any atom is 0.471 e. The van der Waals surface area contributed by atoms with Gasteiger partial charge in [-0.3, -0.25) is 4.79 Å². The first kappa shape index (κ1) is 21.0. The summed E-state index contributed by atoms with van der Waals surface area (Å²) < 4.78 is 64.2. The van der Waals surface area contributed by atoms with Gasteiger partial charge in [-0.05, 0) is 42.5 Å². The lowest BCUT2D eigenvalue weighted by Crippen LogP contribution is -2.42.